The van der Waals surface area contributed by atoms with Crippen LogP contribution in [-0.4, -0.2) is 35.1 Å². The van der Waals surface area contributed by atoms with Gasteiger partial charge in [0.25, 0.3) is 0 Å². The molecule has 4 rings (SSSR count). The predicted molar refractivity (Wildman–Crippen MR) is 110 cm³/mol. The predicted octanol–water partition coefficient (Wildman–Crippen LogP) is 5.37. The number of fused-ring (bicyclic) bond motifs is 1. The summed E-state index contributed by atoms with van der Waals surface area (Å²) in [6.07, 6.45) is 5.00. The van der Waals surface area contributed by atoms with Crippen LogP contribution in [0.4, 0.5) is 13.2 Å². The van der Waals surface area contributed by atoms with E-state index in [1.54, 1.807) is 6.07 Å². The molecule has 1 aromatic rings. The fourth-order valence-corrected chi connectivity index (χ4v) is 5.13. The molecule has 0 radical (unpaired) electrons. The van der Waals surface area contributed by atoms with Crippen molar-refractivity contribution < 1.29 is 17.9 Å². The van der Waals surface area contributed by atoms with E-state index in [9.17, 15) is 13.2 Å². The normalized spacial score (nSPS) is 24.7. The molecule has 7 heteroatoms. The summed E-state index contributed by atoms with van der Waals surface area (Å²) in [5.74, 6) is -0.168. The largest absolute Gasteiger partial charge is 0.573 e. The average molecular weight is 423 g/mol. The lowest BCUT2D eigenvalue weighted by atomic mass is 9.90. The van der Waals surface area contributed by atoms with Crippen molar-refractivity contribution in [2.45, 2.75) is 49.9 Å². The lowest BCUT2D eigenvalue weighted by molar-refractivity contribution is -0.274. The van der Waals surface area contributed by atoms with E-state index in [4.69, 9.17) is 0 Å². The zero-order valence-corrected chi connectivity index (χ0v) is 17.2. The van der Waals surface area contributed by atoms with Gasteiger partial charge in [-0.3, -0.25) is 0 Å². The summed E-state index contributed by atoms with van der Waals surface area (Å²) in [6.45, 7) is 4.72. The second-order valence-corrected chi connectivity index (χ2v) is 9.30. The fraction of sp³-hybridized carbons (Fsp3) is 0.455. The number of rotatable bonds is 5. The maximum absolute atomic E-state index is 12.6. The third-order valence-electron chi connectivity index (χ3n) is 5.76. The zero-order valence-electron chi connectivity index (χ0n) is 16.3. The van der Waals surface area contributed by atoms with Gasteiger partial charge in [-0.2, -0.15) is 0 Å². The second-order valence-electron chi connectivity index (χ2n) is 7.89. The number of thioether (sulfide) groups is 1. The first-order valence-corrected chi connectivity index (χ1v) is 10.8. The molecule has 29 heavy (non-hydrogen) atoms. The Kier molecular flexibility index (Phi) is 5.71. The van der Waals surface area contributed by atoms with E-state index in [-0.39, 0.29) is 10.5 Å². The number of hydrogen-bond donors (Lipinski definition) is 1. The van der Waals surface area contributed by atoms with Crippen LogP contribution in [0.3, 0.4) is 0 Å². The van der Waals surface area contributed by atoms with Crippen LogP contribution < -0.4 is 10.1 Å². The Labute approximate surface area is 173 Å². The Morgan fingerprint density at radius 1 is 1.28 bits per heavy atom. The van der Waals surface area contributed by atoms with Crippen molar-refractivity contribution >= 4 is 11.8 Å². The Morgan fingerprint density at radius 3 is 2.83 bits per heavy atom. The first-order valence-electron chi connectivity index (χ1n) is 9.91. The van der Waals surface area contributed by atoms with Gasteiger partial charge in [0.2, 0.25) is 0 Å². The molecule has 0 aromatic heterocycles. The molecular weight excluding hydrogens is 397 g/mol. The molecule has 0 amide bonds. The highest BCUT2D eigenvalue weighted by molar-refractivity contribution is 8.04. The lowest BCUT2D eigenvalue weighted by Crippen LogP contribution is -2.42. The maximum atomic E-state index is 12.6. The maximum Gasteiger partial charge on any atom is 0.573 e. The van der Waals surface area contributed by atoms with Crippen LogP contribution in [0.2, 0.25) is 0 Å². The van der Waals surface area contributed by atoms with Gasteiger partial charge in [-0.25, -0.2) is 0 Å². The SMILES string of the molecule is CC12CC=C(N(Cc3cccc(OC(F)(F)F)c3)C3CCNCC3)C=C1C=CS2. The number of ether oxygens (including phenoxy) is 1. The average Bonchev–Trinajstić information content (AvgIpc) is 3.06. The highest BCUT2D eigenvalue weighted by atomic mass is 32.2. The number of allylic oxidation sites excluding steroid dienone is 3. The fourth-order valence-electron chi connectivity index (χ4n) is 4.17. The summed E-state index contributed by atoms with van der Waals surface area (Å²) in [7, 11) is 0. The minimum atomic E-state index is -4.68. The highest BCUT2D eigenvalue weighted by Gasteiger charge is 2.35. The van der Waals surface area contributed by atoms with E-state index in [2.05, 4.69) is 45.5 Å². The van der Waals surface area contributed by atoms with Crippen LogP contribution in [-0.2, 0) is 6.54 Å². The molecule has 0 saturated carbocycles. The molecule has 0 bridgehead atoms. The van der Waals surface area contributed by atoms with Crippen LogP contribution in [0.25, 0.3) is 0 Å². The van der Waals surface area contributed by atoms with Crippen molar-refractivity contribution in [1.82, 2.24) is 10.2 Å². The van der Waals surface area contributed by atoms with E-state index >= 15 is 0 Å². The molecule has 1 aromatic carbocycles. The molecule has 2 aliphatic heterocycles. The summed E-state index contributed by atoms with van der Waals surface area (Å²) in [5, 5.41) is 5.54. The molecule has 1 saturated heterocycles. The topological polar surface area (TPSA) is 24.5 Å². The molecule has 1 N–H and O–H groups in total. The molecule has 0 spiro atoms. The number of nitrogens with zero attached hydrogens (tertiary/aromatic N) is 1. The summed E-state index contributed by atoms with van der Waals surface area (Å²) >= 11 is 1.84. The Hall–Kier alpha value is -1.86. The van der Waals surface area contributed by atoms with Crippen LogP contribution in [0.1, 0.15) is 31.7 Å². The van der Waals surface area contributed by atoms with Gasteiger partial charge in [0.15, 0.2) is 0 Å². The molecule has 3 nitrogen and oxygen atoms in total. The van der Waals surface area contributed by atoms with Crippen LogP contribution in [0.5, 0.6) is 5.75 Å². The smallest absolute Gasteiger partial charge is 0.406 e. The molecule has 1 atom stereocenters. The Balaban J connectivity index is 1.59. The first-order chi connectivity index (χ1) is 13.8. The summed E-state index contributed by atoms with van der Waals surface area (Å²) in [6, 6.07) is 6.68. The third-order valence-corrected chi connectivity index (χ3v) is 6.95. The van der Waals surface area contributed by atoms with Crippen molar-refractivity contribution in [2.75, 3.05) is 13.1 Å². The van der Waals surface area contributed by atoms with E-state index < -0.39 is 6.36 Å². The second kappa shape index (κ2) is 8.11. The van der Waals surface area contributed by atoms with Gasteiger partial charge in [-0.1, -0.05) is 24.3 Å². The monoisotopic (exact) mass is 422 g/mol. The molecule has 156 valence electrons. The molecule has 1 fully saturated rings. The highest BCUT2D eigenvalue weighted by Crippen LogP contribution is 2.46. The number of alkyl halides is 3. The number of halogens is 3. The van der Waals surface area contributed by atoms with Crippen molar-refractivity contribution in [3.05, 3.63) is 64.7 Å². The minimum Gasteiger partial charge on any atom is -0.406 e. The third kappa shape index (κ3) is 4.83. The Morgan fingerprint density at radius 2 is 2.07 bits per heavy atom. The number of benzene rings is 1. The van der Waals surface area contributed by atoms with Crippen LogP contribution in [0, 0.1) is 0 Å². The van der Waals surface area contributed by atoms with E-state index in [1.807, 2.05) is 17.8 Å². The van der Waals surface area contributed by atoms with Gasteiger partial charge < -0.3 is 15.0 Å². The summed E-state index contributed by atoms with van der Waals surface area (Å²) in [5.41, 5.74) is 3.29. The standard InChI is InChI=1S/C22H25F3N2OS/c1-21-9-5-19(14-17(21)8-12-29-21)27(18-6-10-26-11-7-18)15-16-3-2-4-20(13-16)28-22(23,24)25/h2-5,8,12-14,18,26H,6-7,9-11,15H2,1H3. The number of hydrogen-bond acceptors (Lipinski definition) is 4. The van der Waals surface area contributed by atoms with Gasteiger partial charge >= 0.3 is 6.36 Å². The molecule has 1 aliphatic carbocycles. The van der Waals surface area contributed by atoms with E-state index in [0.717, 1.165) is 37.9 Å². The van der Waals surface area contributed by atoms with Gasteiger partial charge in [-0.15, -0.1) is 24.9 Å². The van der Waals surface area contributed by atoms with Gasteiger partial charge in [0.1, 0.15) is 5.75 Å². The van der Waals surface area contributed by atoms with Crippen molar-refractivity contribution in [1.29, 1.82) is 0 Å². The van der Waals surface area contributed by atoms with Gasteiger partial charge in [0, 0.05) is 23.0 Å². The van der Waals surface area contributed by atoms with E-state index in [1.165, 1.54) is 23.4 Å². The molecule has 2 heterocycles. The summed E-state index contributed by atoms with van der Waals surface area (Å²) < 4.78 is 42.1. The van der Waals surface area contributed by atoms with Gasteiger partial charge in [-0.05, 0) is 74.0 Å². The first kappa shape index (κ1) is 20.4. The number of piperidine rings is 1. The number of nitrogens with one attached hydrogen (secondary N) is 1. The van der Waals surface area contributed by atoms with Crippen LogP contribution in [0.15, 0.2) is 59.2 Å². The Bertz CT molecular complexity index is 843. The summed E-state index contributed by atoms with van der Waals surface area (Å²) in [4.78, 5) is 2.36. The van der Waals surface area contributed by atoms with Crippen molar-refractivity contribution in [3.8, 4) is 5.75 Å². The van der Waals surface area contributed by atoms with E-state index in [0.29, 0.717) is 12.6 Å². The molecule has 1 unspecified atom stereocenters. The molecular formula is C22H25F3N2OS. The minimum absolute atomic E-state index is 0.101. The van der Waals surface area contributed by atoms with Crippen molar-refractivity contribution in [3.63, 3.8) is 0 Å². The van der Waals surface area contributed by atoms with Gasteiger partial charge in [0.05, 0.1) is 0 Å². The lowest BCUT2D eigenvalue weighted by Gasteiger charge is -2.40. The van der Waals surface area contributed by atoms with Crippen LogP contribution >= 0.6 is 11.8 Å². The zero-order chi connectivity index (χ0) is 20.5. The quantitative estimate of drug-likeness (QED) is 0.689. The molecule has 3 aliphatic rings. The van der Waals surface area contributed by atoms with Crippen molar-refractivity contribution in [2.24, 2.45) is 0 Å².